The summed E-state index contributed by atoms with van der Waals surface area (Å²) >= 11 is 0. The van der Waals surface area contributed by atoms with E-state index in [0.717, 1.165) is 38.9 Å². The molecule has 0 saturated carbocycles. The number of hydrogen-bond acceptors (Lipinski definition) is 3. The number of carboxylic acid groups (broad SMARTS) is 1. The van der Waals surface area contributed by atoms with E-state index in [1.165, 1.54) is 5.56 Å². The Morgan fingerprint density at radius 2 is 1.69 bits per heavy atom. The third-order valence-electron chi connectivity index (χ3n) is 5.75. The minimum absolute atomic E-state index is 0.337. The Labute approximate surface area is 188 Å². The first-order valence-corrected chi connectivity index (χ1v) is 10.7. The van der Waals surface area contributed by atoms with Crippen LogP contribution in [0.3, 0.4) is 0 Å². The number of fused-ring (bicyclic) bond motifs is 1. The highest BCUT2D eigenvalue weighted by Gasteiger charge is 2.22. The molecule has 0 spiro atoms. The fourth-order valence-corrected chi connectivity index (χ4v) is 4.11. The fraction of sp³-hybridized carbons (Fsp3) is 0.222. The van der Waals surface area contributed by atoms with Gasteiger partial charge < -0.3 is 19.7 Å². The van der Waals surface area contributed by atoms with Crippen molar-refractivity contribution in [1.82, 2.24) is 9.88 Å². The molecule has 0 aliphatic rings. The average molecular weight is 429 g/mol. The van der Waals surface area contributed by atoms with Gasteiger partial charge in [-0.1, -0.05) is 54.1 Å². The zero-order chi connectivity index (χ0) is 22.7. The number of benzene rings is 3. The quantitative estimate of drug-likeness (QED) is 0.400. The number of carboxylic acids is 1. The molecule has 2 N–H and O–H groups in total. The normalized spacial score (nSPS) is 11.1. The van der Waals surface area contributed by atoms with Crippen LogP contribution >= 0.6 is 0 Å². The zero-order valence-electron chi connectivity index (χ0n) is 18.7. The van der Waals surface area contributed by atoms with Crippen LogP contribution in [0.5, 0.6) is 5.75 Å². The first kappa shape index (κ1) is 21.7. The number of rotatable bonds is 8. The number of aromatic nitrogens is 1. The van der Waals surface area contributed by atoms with Gasteiger partial charge in [0.15, 0.2) is 0 Å². The summed E-state index contributed by atoms with van der Waals surface area (Å²) in [6.45, 7) is 5.67. The molecular weight excluding hydrogens is 400 g/mol. The summed E-state index contributed by atoms with van der Waals surface area (Å²) < 4.78 is 7.23. The lowest BCUT2D eigenvalue weighted by atomic mass is 10.1. The van der Waals surface area contributed by atoms with Gasteiger partial charge in [-0.3, -0.25) is 0 Å². The van der Waals surface area contributed by atoms with Crippen molar-refractivity contribution in [2.24, 2.45) is 0 Å². The summed E-state index contributed by atoms with van der Waals surface area (Å²) in [5.41, 5.74) is 6.54. The Morgan fingerprint density at radius 3 is 2.41 bits per heavy atom. The van der Waals surface area contributed by atoms with Crippen molar-refractivity contribution < 1.29 is 14.6 Å². The number of nitrogens with one attached hydrogen (secondary N) is 1. The van der Waals surface area contributed by atoms with Crippen LogP contribution < -0.4 is 10.1 Å². The highest BCUT2D eigenvalue weighted by molar-refractivity contribution is 5.98. The molecule has 0 fully saturated rings. The van der Waals surface area contributed by atoms with Crippen LogP contribution in [0.25, 0.3) is 10.9 Å². The van der Waals surface area contributed by atoms with Gasteiger partial charge in [0.1, 0.15) is 11.4 Å². The second kappa shape index (κ2) is 9.28. The van der Waals surface area contributed by atoms with Crippen molar-refractivity contribution in [3.63, 3.8) is 0 Å². The van der Waals surface area contributed by atoms with E-state index < -0.39 is 5.97 Å². The smallest absolute Gasteiger partial charge is 0.352 e. The molecule has 0 bridgehead atoms. The minimum atomic E-state index is -0.913. The lowest BCUT2D eigenvalue weighted by Crippen LogP contribution is -2.17. The SMILES string of the molecule is COc1cccc(CNCc2c(C(=O)O)n(Cc3ccc(C)cc3)c3cc(C)ccc23)c1. The molecule has 4 aromatic rings. The Hall–Kier alpha value is -3.57. The first-order valence-electron chi connectivity index (χ1n) is 10.7. The first-order chi connectivity index (χ1) is 15.5. The van der Waals surface area contributed by atoms with E-state index in [1.54, 1.807) is 7.11 Å². The topological polar surface area (TPSA) is 63.5 Å². The molecule has 4 rings (SSSR count). The number of aromatic carboxylic acids is 1. The van der Waals surface area contributed by atoms with Gasteiger partial charge >= 0.3 is 5.97 Å². The fourth-order valence-electron chi connectivity index (χ4n) is 4.11. The molecule has 1 heterocycles. The second-order valence-corrected chi connectivity index (χ2v) is 8.18. The van der Waals surface area contributed by atoms with Gasteiger partial charge in [0.05, 0.1) is 7.11 Å². The number of ether oxygens (including phenoxy) is 1. The van der Waals surface area contributed by atoms with Gasteiger partial charge in [-0.05, 0) is 48.7 Å². The highest BCUT2D eigenvalue weighted by Crippen LogP contribution is 2.29. The molecule has 0 aliphatic heterocycles. The molecule has 5 nitrogen and oxygen atoms in total. The van der Waals surface area contributed by atoms with E-state index in [9.17, 15) is 9.90 Å². The summed E-state index contributed by atoms with van der Waals surface area (Å²) in [5, 5.41) is 14.6. The Kier molecular flexibility index (Phi) is 6.28. The molecule has 164 valence electrons. The van der Waals surface area contributed by atoms with Crippen LogP contribution in [-0.4, -0.2) is 22.8 Å². The van der Waals surface area contributed by atoms with Crippen LogP contribution in [0, 0.1) is 13.8 Å². The predicted molar refractivity (Wildman–Crippen MR) is 127 cm³/mol. The average Bonchev–Trinajstić information content (AvgIpc) is 3.08. The molecule has 0 radical (unpaired) electrons. The molecule has 0 aliphatic carbocycles. The van der Waals surface area contributed by atoms with E-state index in [1.807, 2.05) is 54.8 Å². The van der Waals surface area contributed by atoms with E-state index in [4.69, 9.17) is 4.74 Å². The van der Waals surface area contributed by atoms with Crippen molar-refractivity contribution in [2.75, 3.05) is 7.11 Å². The predicted octanol–water partition coefficient (Wildman–Crippen LogP) is 5.30. The van der Waals surface area contributed by atoms with Gasteiger partial charge in [-0.2, -0.15) is 0 Å². The molecule has 3 aromatic carbocycles. The summed E-state index contributed by atoms with van der Waals surface area (Å²) in [7, 11) is 1.65. The maximum atomic E-state index is 12.4. The number of carbonyl (C=O) groups is 1. The summed E-state index contributed by atoms with van der Waals surface area (Å²) in [6, 6.07) is 22.2. The molecule has 0 amide bonds. The van der Waals surface area contributed by atoms with E-state index >= 15 is 0 Å². The van der Waals surface area contributed by atoms with Crippen LogP contribution in [0.1, 0.15) is 38.3 Å². The molecule has 32 heavy (non-hydrogen) atoms. The van der Waals surface area contributed by atoms with Crippen molar-refractivity contribution >= 4 is 16.9 Å². The van der Waals surface area contributed by atoms with Crippen LogP contribution in [0.2, 0.25) is 0 Å². The number of nitrogens with zero attached hydrogens (tertiary/aromatic N) is 1. The molecular formula is C27H28N2O3. The van der Waals surface area contributed by atoms with E-state index in [-0.39, 0.29) is 0 Å². The van der Waals surface area contributed by atoms with E-state index in [0.29, 0.717) is 25.3 Å². The van der Waals surface area contributed by atoms with Gasteiger partial charge in [0, 0.05) is 36.1 Å². The number of methoxy groups -OCH3 is 1. The number of aryl methyl sites for hydroxylation is 2. The van der Waals surface area contributed by atoms with Crippen LogP contribution in [0.15, 0.2) is 66.7 Å². The maximum Gasteiger partial charge on any atom is 0.352 e. The maximum absolute atomic E-state index is 12.4. The molecule has 0 saturated heterocycles. The van der Waals surface area contributed by atoms with E-state index in [2.05, 4.69) is 35.6 Å². The van der Waals surface area contributed by atoms with Crippen LogP contribution in [-0.2, 0) is 19.6 Å². The van der Waals surface area contributed by atoms with Crippen molar-refractivity contribution in [1.29, 1.82) is 0 Å². The summed E-state index contributed by atoms with van der Waals surface area (Å²) in [4.78, 5) is 12.4. The van der Waals surface area contributed by atoms with Gasteiger partial charge in [0.25, 0.3) is 0 Å². The highest BCUT2D eigenvalue weighted by atomic mass is 16.5. The molecule has 1 aromatic heterocycles. The lowest BCUT2D eigenvalue weighted by Gasteiger charge is -2.11. The van der Waals surface area contributed by atoms with Crippen molar-refractivity contribution in [2.45, 2.75) is 33.5 Å². The van der Waals surface area contributed by atoms with Crippen molar-refractivity contribution in [3.8, 4) is 5.75 Å². The summed E-state index contributed by atoms with van der Waals surface area (Å²) in [6.07, 6.45) is 0. The largest absolute Gasteiger partial charge is 0.497 e. The third kappa shape index (κ3) is 4.53. The Bertz CT molecular complexity index is 1260. The minimum Gasteiger partial charge on any atom is -0.497 e. The van der Waals surface area contributed by atoms with Gasteiger partial charge in [0.2, 0.25) is 0 Å². The Balaban J connectivity index is 1.70. The van der Waals surface area contributed by atoms with Crippen LogP contribution in [0.4, 0.5) is 0 Å². The van der Waals surface area contributed by atoms with Gasteiger partial charge in [-0.25, -0.2) is 4.79 Å². The zero-order valence-corrected chi connectivity index (χ0v) is 18.7. The molecule has 0 atom stereocenters. The summed E-state index contributed by atoms with van der Waals surface area (Å²) in [5.74, 6) is -0.107. The number of hydrogen-bond donors (Lipinski definition) is 2. The molecule has 5 heteroatoms. The molecule has 0 unspecified atom stereocenters. The van der Waals surface area contributed by atoms with Crippen molar-refractivity contribution in [3.05, 3.63) is 100 Å². The Morgan fingerprint density at radius 1 is 0.938 bits per heavy atom. The second-order valence-electron chi connectivity index (χ2n) is 8.18. The van der Waals surface area contributed by atoms with Gasteiger partial charge in [-0.15, -0.1) is 0 Å². The lowest BCUT2D eigenvalue weighted by molar-refractivity contribution is 0.0684. The monoisotopic (exact) mass is 428 g/mol. The standard InChI is InChI=1S/C27H28N2O3/c1-18-7-10-20(11-8-18)17-29-25-13-19(2)9-12-23(25)24(26(29)27(30)31)16-28-15-21-5-4-6-22(14-21)32-3/h4-14,28H,15-17H2,1-3H3,(H,30,31). The third-order valence-corrected chi connectivity index (χ3v) is 5.75.